The number of rotatable bonds is 4. The average Bonchev–Trinajstić information content (AvgIpc) is 2.66. The van der Waals surface area contributed by atoms with Crippen molar-refractivity contribution >= 4 is 42.1 Å². The fraction of sp³-hybridized carbons (Fsp3) is 0.682. The number of piperazine rings is 1. The number of hydrogen-bond acceptors (Lipinski definition) is 4. The lowest BCUT2D eigenvalue weighted by atomic mass is 9.49. The van der Waals surface area contributed by atoms with Gasteiger partial charge in [-0.3, -0.25) is 4.79 Å². The number of anilines is 2. The van der Waals surface area contributed by atoms with Crippen LogP contribution in [0.3, 0.4) is 0 Å². The Morgan fingerprint density at radius 3 is 2.24 bits per heavy atom. The van der Waals surface area contributed by atoms with E-state index in [9.17, 15) is 4.79 Å². The molecule has 4 bridgehead atoms. The molecule has 5 aliphatic rings. The van der Waals surface area contributed by atoms with Gasteiger partial charge in [-0.05, 0) is 73.8 Å². The summed E-state index contributed by atoms with van der Waals surface area (Å²) in [6, 6.07) is 5.87. The van der Waals surface area contributed by atoms with Crippen LogP contribution in [0.1, 0.15) is 48.9 Å². The van der Waals surface area contributed by atoms with Gasteiger partial charge in [0.25, 0.3) is 5.91 Å². The number of nitrogen functional groups attached to an aromatic ring is 1. The molecule has 4 N–H and O–H groups in total. The summed E-state index contributed by atoms with van der Waals surface area (Å²) in [5, 5.41) is 6.64. The van der Waals surface area contributed by atoms with Gasteiger partial charge in [-0.25, -0.2) is 0 Å². The van der Waals surface area contributed by atoms with Gasteiger partial charge in [0.1, 0.15) is 0 Å². The Kier molecular flexibility index (Phi) is 6.91. The summed E-state index contributed by atoms with van der Waals surface area (Å²) >= 11 is 0. The third kappa shape index (κ3) is 4.33. The van der Waals surface area contributed by atoms with Crippen LogP contribution in [0.2, 0.25) is 0 Å². The first kappa shape index (κ1) is 22.5. The molecule has 0 unspecified atom stereocenters. The highest BCUT2D eigenvalue weighted by atomic mass is 35.5. The van der Waals surface area contributed by atoms with Gasteiger partial charge < -0.3 is 21.3 Å². The molecule has 6 rings (SSSR count). The molecule has 0 atom stereocenters. The molecular weight excluding hydrogens is 407 g/mol. The number of carbonyl (C=O) groups is 1. The predicted octanol–water partition coefficient (Wildman–Crippen LogP) is 3.47. The van der Waals surface area contributed by atoms with Crippen molar-refractivity contribution in [3.8, 4) is 0 Å². The van der Waals surface area contributed by atoms with Crippen molar-refractivity contribution in [2.24, 2.45) is 23.2 Å². The zero-order valence-electron chi connectivity index (χ0n) is 17.0. The molecule has 1 aromatic rings. The summed E-state index contributed by atoms with van der Waals surface area (Å²) in [7, 11) is 0. The summed E-state index contributed by atoms with van der Waals surface area (Å²) < 4.78 is 0. The molecule has 1 heterocycles. The summed E-state index contributed by atoms with van der Waals surface area (Å²) in [4.78, 5) is 15.3. The normalized spacial score (nSPS) is 32.3. The van der Waals surface area contributed by atoms with E-state index >= 15 is 0 Å². The average molecular weight is 441 g/mol. The number of carbonyl (C=O) groups excluding carboxylic acids is 1. The number of benzene rings is 1. The lowest BCUT2D eigenvalue weighted by Gasteiger charge is -2.56. The molecule has 29 heavy (non-hydrogen) atoms. The van der Waals surface area contributed by atoms with E-state index in [4.69, 9.17) is 5.73 Å². The molecule has 162 valence electrons. The maximum atomic E-state index is 13.0. The third-order valence-corrected chi connectivity index (χ3v) is 7.57. The van der Waals surface area contributed by atoms with Crippen molar-refractivity contribution in [3.63, 3.8) is 0 Å². The first-order chi connectivity index (χ1) is 13.1. The zero-order chi connectivity index (χ0) is 18.4. The number of amides is 1. The fourth-order valence-electron chi connectivity index (χ4n) is 6.80. The first-order valence-electron chi connectivity index (χ1n) is 10.7. The molecular formula is C22H34Cl2N4O. The maximum absolute atomic E-state index is 13.0. The lowest BCUT2D eigenvalue weighted by Crippen LogP contribution is -2.51. The Balaban J connectivity index is 0.00000120. The van der Waals surface area contributed by atoms with Crippen molar-refractivity contribution in [1.29, 1.82) is 0 Å². The van der Waals surface area contributed by atoms with Gasteiger partial charge in [0.15, 0.2) is 0 Å². The third-order valence-electron chi connectivity index (χ3n) is 7.57. The van der Waals surface area contributed by atoms with Crippen molar-refractivity contribution in [2.75, 3.05) is 43.4 Å². The SMILES string of the molecule is Cl.Cl.Nc1c(C(=O)NCC23CC4CC(CC(C4)C2)C3)cccc1N1CCNCC1. The molecule has 0 aromatic heterocycles. The van der Waals surface area contributed by atoms with E-state index in [1.807, 2.05) is 18.2 Å². The Morgan fingerprint density at radius 1 is 1.07 bits per heavy atom. The standard InChI is InChI=1S/C22H32N4O.2ClH/c23-20-18(2-1-3-19(20)26-6-4-24-5-7-26)21(27)25-14-22-11-15-8-16(12-22)10-17(9-15)13-22;;/h1-3,15-17,24H,4-14,23H2,(H,25,27);2*1H. The van der Waals surface area contributed by atoms with Crippen LogP contribution in [0.25, 0.3) is 0 Å². The van der Waals surface area contributed by atoms with Gasteiger partial charge >= 0.3 is 0 Å². The van der Waals surface area contributed by atoms with Crippen LogP contribution in [0, 0.1) is 23.2 Å². The largest absolute Gasteiger partial charge is 0.396 e. The molecule has 4 saturated carbocycles. The molecule has 5 fully saturated rings. The van der Waals surface area contributed by atoms with Crippen molar-refractivity contribution in [2.45, 2.75) is 38.5 Å². The summed E-state index contributed by atoms with van der Waals surface area (Å²) in [6.07, 6.45) is 8.26. The van der Waals surface area contributed by atoms with Crippen molar-refractivity contribution in [1.82, 2.24) is 10.6 Å². The van der Waals surface area contributed by atoms with Crippen LogP contribution in [0.15, 0.2) is 18.2 Å². The van der Waals surface area contributed by atoms with E-state index in [-0.39, 0.29) is 30.7 Å². The molecule has 4 aliphatic carbocycles. The van der Waals surface area contributed by atoms with Crippen LogP contribution in [-0.4, -0.2) is 38.6 Å². The number of nitrogens with zero attached hydrogens (tertiary/aromatic N) is 1. The smallest absolute Gasteiger partial charge is 0.253 e. The Labute approximate surface area is 186 Å². The number of para-hydroxylation sites is 1. The van der Waals surface area contributed by atoms with E-state index in [2.05, 4.69) is 15.5 Å². The summed E-state index contributed by atoms with van der Waals surface area (Å²) in [5.41, 5.74) is 9.05. The van der Waals surface area contributed by atoms with Gasteiger partial charge in [-0.15, -0.1) is 24.8 Å². The van der Waals surface area contributed by atoms with Crippen LogP contribution in [-0.2, 0) is 0 Å². The number of halogens is 2. The molecule has 5 nitrogen and oxygen atoms in total. The second kappa shape index (κ2) is 8.91. The minimum Gasteiger partial charge on any atom is -0.396 e. The highest BCUT2D eigenvalue weighted by Crippen LogP contribution is 2.59. The predicted molar refractivity (Wildman–Crippen MR) is 123 cm³/mol. The van der Waals surface area contributed by atoms with E-state index < -0.39 is 0 Å². The molecule has 1 amide bonds. The van der Waals surface area contributed by atoms with E-state index in [1.54, 1.807) is 0 Å². The van der Waals surface area contributed by atoms with Gasteiger partial charge in [0, 0.05) is 32.7 Å². The molecule has 1 aliphatic heterocycles. The van der Waals surface area contributed by atoms with Gasteiger partial charge in [-0.2, -0.15) is 0 Å². The second-order valence-corrected chi connectivity index (χ2v) is 9.58. The number of nitrogens with one attached hydrogen (secondary N) is 2. The van der Waals surface area contributed by atoms with Gasteiger partial charge in [-0.1, -0.05) is 6.07 Å². The van der Waals surface area contributed by atoms with Crippen molar-refractivity contribution < 1.29 is 4.79 Å². The van der Waals surface area contributed by atoms with E-state index in [0.29, 0.717) is 16.7 Å². The topological polar surface area (TPSA) is 70.4 Å². The van der Waals surface area contributed by atoms with Gasteiger partial charge in [0.2, 0.25) is 0 Å². The van der Waals surface area contributed by atoms with Crippen LogP contribution in [0.5, 0.6) is 0 Å². The molecule has 7 heteroatoms. The fourth-order valence-corrected chi connectivity index (χ4v) is 6.80. The molecule has 1 aromatic carbocycles. The number of nitrogens with two attached hydrogens (primary N) is 1. The monoisotopic (exact) mass is 440 g/mol. The van der Waals surface area contributed by atoms with E-state index in [0.717, 1.165) is 56.2 Å². The quantitative estimate of drug-likeness (QED) is 0.626. The van der Waals surface area contributed by atoms with E-state index in [1.165, 1.54) is 38.5 Å². The van der Waals surface area contributed by atoms with Crippen LogP contribution >= 0.6 is 24.8 Å². The van der Waals surface area contributed by atoms with Crippen molar-refractivity contribution in [3.05, 3.63) is 23.8 Å². The highest BCUT2D eigenvalue weighted by Gasteiger charge is 2.50. The second-order valence-electron chi connectivity index (χ2n) is 9.58. The lowest BCUT2D eigenvalue weighted by molar-refractivity contribution is -0.0503. The summed E-state index contributed by atoms with van der Waals surface area (Å²) in [5.74, 6) is 2.73. The Morgan fingerprint density at radius 2 is 1.66 bits per heavy atom. The first-order valence-corrected chi connectivity index (χ1v) is 10.7. The van der Waals surface area contributed by atoms with Crippen LogP contribution < -0.4 is 21.3 Å². The minimum absolute atomic E-state index is 0. The zero-order valence-corrected chi connectivity index (χ0v) is 18.6. The Bertz CT molecular complexity index is 700. The van der Waals surface area contributed by atoms with Gasteiger partial charge in [0.05, 0.1) is 16.9 Å². The van der Waals surface area contributed by atoms with Crippen LogP contribution in [0.4, 0.5) is 11.4 Å². The summed E-state index contributed by atoms with van der Waals surface area (Å²) in [6.45, 7) is 4.61. The highest BCUT2D eigenvalue weighted by molar-refractivity contribution is 6.02. The Hall–Kier alpha value is -1.17. The molecule has 0 radical (unpaired) electrons. The maximum Gasteiger partial charge on any atom is 0.253 e. The molecule has 0 spiro atoms. The number of hydrogen-bond donors (Lipinski definition) is 3. The molecule has 1 saturated heterocycles. The minimum atomic E-state index is 0.